The SMILES string of the molecule is O=C1NC(=O)N(Cc2ccccn2)C1=O. The molecule has 0 bridgehead atoms. The molecule has 76 valence electrons. The van der Waals surface area contributed by atoms with Crippen molar-refractivity contribution in [2.24, 2.45) is 0 Å². The number of aromatic nitrogens is 1. The summed E-state index contributed by atoms with van der Waals surface area (Å²) in [5.41, 5.74) is 0.552. The van der Waals surface area contributed by atoms with Gasteiger partial charge in [0.1, 0.15) is 0 Å². The molecule has 0 spiro atoms. The van der Waals surface area contributed by atoms with Crippen LogP contribution in [0.4, 0.5) is 4.79 Å². The largest absolute Gasteiger partial charge is 0.331 e. The Morgan fingerprint density at radius 2 is 2.07 bits per heavy atom. The second kappa shape index (κ2) is 3.49. The van der Waals surface area contributed by atoms with E-state index in [0.29, 0.717) is 5.69 Å². The van der Waals surface area contributed by atoms with Gasteiger partial charge in [0.25, 0.3) is 0 Å². The number of urea groups is 1. The lowest BCUT2D eigenvalue weighted by atomic mass is 10.3. The molecule has 0 atom stereocenters. The molecule has 1 aromatic heterocycles. The molecule has 1 aliphatic rings. The first-order chi connectivity index (χ1) is 7.18. The van der Waals surface area contributed by atoms with E-state index in [1.807, 2.05) is 5.32 Å². The highest BCUT2D eigenvalue weighted by atomic mass is 16.2. The van der Waals surface area contributed by atoms with E-state index < -0.39 is 17.8 Å². The third-order valence-corrected chi connectivity index (χ3v) is 1.95. The van der Waals surface area contributed by atoms with Crippen LogP contribution in [0.15, 0.2) is 24.4 Å². The van der Waals surface area contributed by atoms with Crippen molar-refractivity contribution in [1.29, 1.82) is 0 Å². The van der Waals surface area contributed by atoms with Crippen molar-refractivity contribution in [3.8, 4) is 0 Å². The van der Waals surface area contributed by atoms with Gasteiger partial charge in [-0.3, -0.25) is 19.9 Å². The smallest absolute Gasteiger partial charge is 0.269 e. The second-order valence-corrected chi connectivity index (χ2v) is 2.97. The van der Waals surface area contributed by atoms with E-state index in [4.69, 9.17) is 0 Å². The Morgan fingerprint density at radius 3 is 2.60 bits per heavy atom. The topological polar surface area (TPSA) is 79.4 Å². The summed E-state index contributed by atoms with van der Waals surface area (Å²) < 4.78 is 0. The first-order valence-corrected chi connectivity index (χ1v) is 4.25. The van der Waals surface area contributed by atoms with E-state index in [9.17, 15) is 14.4 Å². The van der Waals surface area contributed by atoms with Gasteiger partial charge in [-0.25, -0.2) is 9.69 Å². The number of carbonyl (C=O) groups is 3. The fourth-order valence-corrected chi connectivity index (χ4v) is 1.23. The number of nitrogens with zero attached hydrogens (tertiary/aromatic N) is 2. The lowest BCUT2D eigenvalue weighted by Crippen LogP contribution is -2.30. The van der Waals surface area contributed by atoms with Crippen LogP contribution >= 0.6 is 0 Å². The highest BCUT2D eigenvalue weighted by Crippen LogP contribution is 2.06. The third-order valence-electron chi connectivity index (χ3n) is 1.95. The molecular weight excluding hydrogens is 198 g/mol. The molecule has 4 amide bonds. The summed E-state index contributed by atoms with van der Waals surface area (Å²) in [6.45, 7) is 0.0112. The Morgan fingerprint density at radius 1 is 1.27 bits per heavy atom. The quantitative estimate of drug-likeness (QED) is 0.529. The van der Waals surface area contributed by atoms with E-state index in [1.165, 1.54) is 0 Å². The first-order valence-electron chi connectivity index (χ1n) is 4.25. The number of hydrogen-bond donors (Lipinski definition) is 1. The van der Waals surface area contributed by atoms with Crippen LogP contribution in [0, 0.1) is 0 Å². The molecule has 0 radical (unpaired) electrons. The van der Waals surface area contributed by atoms with E-state index in [2.05, 4.69) is 4.98 Å². The molecule has 0 aromatic carbocycles. The fraction of sp³-hybridized carbons (Fsp3) is 0.111. The maximum atomic E-state index is 11.2. The van der Waals surface area contributed by atoms with Crippen molar-refractivity contribution in [2.75, 3.05) is 0 Å². The number of carbonyl (C=O) groups excluding carboxylic acids is 3. The molecule has 1 aromatic rings. The molecule has 2 heterocycles. The minimum absolute atomic E-state index is 0.0112. The maximum absolute atomic E-state index is 11.2. The van der Waals surface area contributed by atoms with Crippen LogP contribution < -0.4 is 5.32 Å². The van der Waals surface area contributed by atoms with Crippen LogP contribution in [0.5, 0.6) is 0 Å². The predicted molar refractivity (Wildman–Crippen MR) is 48.3 cm³/mol. The molecule has 1 N–H and O–H groups in total. The van der Waals surface area contributed by atoms with Gasteiger partial charge < -0.3 is 0 Å². The molecule has 1 aliphatic heterocycles. The molecule has 6 heteroatoms. The van der Waals surface area contributed by atoms with Gasteiger partial charge in [0.2, 0.25) is 0 Å². The molecule has 1 saturated heterocycles. The average molecular weight is 205 g/mol. The molecule has 6 nitrogen and oxygen atoms in total. The summed E-state index contributed by atoms with van der Waals surface area (Å²) in [6.07, 6.45) is 1.55. The predicted octanol–water partition coefficient (Wildman–Crippen LogP) is -0.340. The van der Waals surface area contributed by atoms with Gasteiger partial charge in [0.15, 0.2) is 0 Å². The van der Waals surface area contributed by atoms with Gasteiger partial charge in [-0.15, -0.1) is 0 Å². The fourth-order valence-electron chi connectivity index (χ4n) is 1.23. The summed E-state index contributed by atoms with van der Waals surface area (Å²) in [4.78, 5) is 37.9. The molecular formula is C9H7N3O3. The molecule has 0 unspecified atom stereocenters. The number of amides is 4. The van der Waals surface area contributed by atoms with Crippen molar-refractivity contribution in [3.05, 3.63) is 30.1 Å². The van der Waals surface area contributed by atoms with Gasteiger partial charge in [-0.05, 0) is 12.1 Å². The Hall–Kier alpha value is -2.24. The monoisotopic (exact) mass is 205 g/mol. The van der Waals surface area contributed by atoms with Gasteiger partial charge in [0, 0.05) is 6.20 Å². The van der Waals surface area contributed by atoms with Gasteiger partial charge in [-0.2, -0.15) is 0 Å². The van der Waals surface area contributed by atoms with Crippen molar-refractivity contribution in [2.45, 2.75) is 6.54 Å². The van der Waals surface area contributed by atoms with Crippen LogP contribution in [0.1, 0.15) is 5.69 Å². The minimum Gasteiger partial charge on any atom is -0.269 e. The van der Waals surface area contributed by atoms with Crippen LogP contribution in [-0.4, -0.2) is 27.7 Å². The lowest BCUT2D eigenvalue weighted by Gasteiger charge is -2.09. The van der Waals surface area contributed by atoms with E-state index in [1.54, 1.807) is 24.4 Å². The molecule has 15 heavy (non-hydrogen) atoms. The van der Waals surface area contributed by atoms with Gasteiger partial charge >= 0.3 is 17.8 Å². The average Bonchev–Trinajstić information content (AvgIpc) is 2.47. The molecule has 2 rings (SSSR count). The third kappa shape index (κ3) is 1.69. The number of hydrogen-bond acceptors (Lipinski definition) is 4. The van der Waals surface area contributed by atoms with Crippen molar-refractivity contribution in [1.82, 2.24) is 15.2 Å². The Kier molecular flexibility index (Phi) is 2.17. The Labute approximate surface area is 84.9 Å². The maximum Gasteiger partial charge on any atom is 0.331 e. The zero-order chi connectivity index (χ0) is 10.8. The molecule has 1 fully saturated rings. The standard InChI is InChI=1S/C9H7N3O3/c13-7-8(14)12(9(15)11-7)5-6-3-1-2-4-10-6/h1-4H,5H2,(H,11,13,15). The highest BCUT2D eigenvalue weighted by molar-refractivity contribution is 6.44. The van der Waals surface area contributed by atoms with Crippen LogP contribution in [0.3, 0.4) is 0 Å². The number of rotatable bonds is 2. The van der Waals surface area contributed by atoms with E-state index in [-0.39, 0.29) is 6.54 Å². The first kappa shape index (κ1) is 9.32. The van der Waals surface area contributed by atoms with E-state index >= 15 is 0 Å². The normalized spacial score (nSPS) is 15.7. The van der Waals surface area contributed by atoms with Crippen molar-refractivity contribution >= 4 is 17.8 Å². The second-order valence-electron chi connectivity index (χ2n) is 2.97. The molecule has 0 aliphatic carbocycles. The lowest BCUT2D eigenvalue weighted by molar-refractivity contribution is -0.140. The van der Waals surface area contributed by atoms with Gasteiger partial charge in [-0.1, -0.05) is 6.07 Å². The van der Waals surface area contributed by atoms with Crippen LogP contribution in [0.2, 0.25) is 0 Å². The number of nitrogens with one attached hydrogen (secondary N) is 1. The van der Waals surface area contributed by atoms with Crippen molar-refractivity contribution < 1.29 is 14.4 Å². The Balaban J connectivity index is 2.16. The summed E-state index contributed by atoms with van der Waals surface area (Å²) in [7, 11) is 0. The molecule has 0 saturated carbocycles. The number of pyridine rings is 1. The van der Waals surface area contributed by atoms with E-state index in [0.717, 1.165) is 4.90 Å². The Bertz CT molecular complexity index is 429. The van der Waals surface area contributed by atoms with Gasteiger partial charge in [0.05, 0.1) is 12.2 Å². The van der Waals surface area contributed by atoms with Crippen LogP contribution in [0.25, 0.3) is 0 Å². The summed E-state index contributed by atoms with van der Waals surface area (Å²) >= 11 is 0. The number of imide groups is 2. The van der Waals surface area contributed by atoms with Crippen LogP contribution in [-0.2, 0) is 16.1 Å². The summed E-state index contributed by atoms with van der Waals surface area (Å²) in [5, 5.41) is 1.91. The van der Waals surface area contributed by atoms with Crippen molar-refractivity contribution in [3.63, 3.8) is 0 Å². The summed E-state index contributed by atoms with van der Waals surface area (Å²) in [6, 6.07) is 4.43. The zero-order valence-electron chi connectivity index (χ0n) is 7.64. The highest BCUT2D eigenvalue weighted by Gasteiger charge is 2.36. The minimum atomic E-state index is -0.893. The summed E-state index contributed by atoms with van der Waals surface area (Å²) in [5.74, 6) is -1.73. The zero-order valence-corrected chi connectivity index (χ0v) is 7.64.